The Morgan fingerprint density at radius 1 is 1.31 bits per heavy atom. The average molecular weight is 507 g/mol. The molecule has 2 aromatic carbocycles. The van der Waals surface area contributed by atoms with Gasteiger partial charge < -0.3 is 14.2 Å². The summed E-state index contributed by atoms with van der Waals surface area (Å²) < 4.78 is 31.4. The van der Waals surface area contributed by atoms with Gasteiger partial charge in [-0.2, -0.15) is 0 Å². The molecule has 0 fully saturated rings. The van der Waals surface area contributed by atoms with E-state index in [1.807, 2.05) is 19.9 Å². The van der Waals surface area contributed by atoms with Crippen LogP contribution in [0, 0.1) is 9.39 Å². The molecular weight excluding hydrogens is 488 g/mol. The second kappa shape index (κ2) is 9.21. The van der Waals surface area contributed by atoms with Crippen LogP contribution in [0.1, 0.15) is 25.0 Å². The number of nitrogens with zero attached hydrogens (tertiary/aromatic N) is 1. The molecule has 3 rings (SSSR count). The molecule has 7 heteroatoms. The molecule has 150 valence electrons. The molecule has 1 aliphatic heterocycles. The summed E-state index contributed by atoms with van der Waals surface area (Å²) in [4.78, 5) is 16.4. The molecule has 1 heterocycles. The third-order valence-corrected chi connectivity index (χ3v) is 4.62. The van der Waals surface area contributed by atoms with E-state index >= 15 is 0 Å². The summed E-state index contributed by atoms with van der Waals surface area (Å²) in [6, 6.07) is 9.60. The summed E-state index contributed by atoms with van der Waals surface area (Å²) in [5.74, 6) is -0.0360. The highest BCUT2D eigenvalue weighted by atomic mass is 127. The molecule has 0 aromatic heterocycles. The van der Waals surface area contributed by atoms with E-state index in [-0.39, 0.29) is 17.2 Å². The largest absolute Gasteiger partial charge is 0.490 e. The van der Waals surface area contributed by atoms with Crippen LogP contribution in [0.3, 0.4) is 0 Å². The molecule has 0 aliphatic carbocycles. The highest BCUT2D eigenvalue weighted by Crippen LogP contribution is 2.35. The van der Waals surface area contributed by atoms with Crippen LogP contribution in [-0.4, -0.2) is 25.1 Å². The summed E-state index contributed by atoms with van der Waals surface area (Å²) in [5, 5.41) is 0. The Labute approximate surface area is 182 Å². The van der Waals surface area contributed by atoms with Gasteiger partial charge in [-0.25, -0.2) is 14.2 Å². The molecule has 0 radical (unpaired) electrons. The average Bonchev–Trinajstić information content (AvgIpc) is 3.01. The molecule has 5 nitrogen and oxygen atoms in total. The van der Waals surface area contributed by atoms with Crippen LogP contribution < -0.4 is 9.47 Å². The predicted molar refractivity (Wildman–Crippen MR) is 118 cm³/mol. The molecule has 0 N–H and O–H groups in total. The fraction of sp³-hybridized carbons (Fsp3) is 0.182. The summed E-state index contributed by atoms with van der Waals surface area (Å²) in [7, 11) is 0. The number of hydrogen-bond acceptors (Lipinski definition) is 5. The predicted octanol–water partition coefficient (Wildman–Crippen LogP) is 5.13. The van der Waals surface area contributed by atoms with Crippen LogP contribution >= 0.6 is 22.6 Å². The van der Waals surface area contributed by atoms with Crippen molar-refractivity contribution in [2.45, 2.75) is 13.8 Å². The summed E-state index contributed by atoms with van der Waals surface area (Å²) >= 11 is 2.14. The van der Waals surface area contributed by atoms with Gasteiger partial charge in [0.25, 0.3) is 0 Å². The maximum absolute atomic E-state index is 14.0. The van der Waals surface area contributed by atoms with Crippen LogP contribution in [0.4, 0.5) is 4.39 Å². The van der Waals surface area contributed by atoms with E-state index in [1.165, 1.54) is 12.1 Å². The van der Waals surface area contributed by atoms with Gasteiger partial charge in [0.05, 0.1) is 15.7 Å². The zero-order valence-electron chi connectivity index (χ0n) is 16.0. The van der Waals surface area contributed by atoms with Gasteiger partial charge >= 0.3 is 5.97 Å². The summed E-state index contributed by atoms with van der Waals surface area (Å²) in [5.41, 5.74) is 1.79. The van der Waals surface area contributed by atoms with Crippen LogP contribution in [0.5, 0.6) is 11.5 Å². The Balaban J connectivity index is 1.96. The minimum Gasteiger partial charge on any atom is -0.490 e. The topological polar surface area (TPSA) is 57.1 Å². The molecule has 0 amide bonds. The number of carbonyl (C=O) groups is 1. The van der Waals surface area contributed by atoms with Crippen molar-refractivity contribution in [3.05, 3.63) is 74.8 Å². The molecular formula is C22H19FINO4. The lowest BCUT2D eigenvalue weighted by molar-refractivity contribution is -0.129. The number of halogens is 2. The zero-order chi connectivity index (χ0) is 21.0. The van der Waals surface area contributed by atoms with Crippen LogP contribution in [0.25, 0.3) is 6.08 Å². The number of aliphatic imine (C=N–C) groups is 1. The molecule has 0 saturated carbocycles. The maximum Gasteiger partial charge on any atom is 0.363 e. The monoisotopic (exact) mass is 507 g/mol. The second-order valence-electron chi connectivity index (χ2n) is 6.32. The Morgan fingerprint density at radius 3 is 2.76 bits per heavy atom. The van der Waals surface area contributed by atoms with Crippen molar-refractivity contribution < 1.29 is 23.4 Å². The molecule has 0 spiro atoms. The fourth-order valence-electron chi connectivity index (χ4n) is 2.59. The Hall–Kier alpha value is -2.68. The lowest BCUT2D eigenvalue weighted by atomic mass is 10.1. The van der Waals surface area contributed by atoms with Gasteiger partial charge in [0.1, 0.15) is 12.4 Å². The van der Waals surface area contributed by atoms with Crippen LogP contribution in [0.15, 0.2) is 59.2 Å². The number of ether oxygens (including phenoxy) is 3. The van der Waals surface area contributed by atoms with Gasteiger partial charge in [0, 0.05) is 0 Å². The van der Waals surface area contributed by atoms with Crippen LogP contribution in [-0.2, 0) is 9.53 Å². The van der Waals surface area contributed by atoms with Crippen molar-refractivity contribution in [2.24, 2.45) is 4.99 Å². The molecule has 2 aromatic rings. The standard InChI is InChI=1S/C22H19FINO4/c1-4-27-19-11-14(9-17(24)20(19)28-12-13(2)3)10-18-22(26)29-21(25-18)15-7-5-6-8-16(15)23/h5-11H,2,4,12H2,1,3H3. The normalized spacial score (nSPS) is 14.6. The van der Waals surface area contributed by atoms with Crippen molar-refractivity contribution >= 4 is 40.5 Å². The summed E-state index contributed by atoms with van der Waals surface area (Å²) in [6.45, 7) is 8.42. The Morgan fingerprint density at radius 2 is 2.07 bits per heavy atom. The van der Waals surface area contributed by atoms with E-state index in [0.717, 1.165) is 9.14 Å². The lowest BCUT2D eigenvalue weighted by Gasteiger charge is -2.14. The third-order valence-electron chi connectivity index (χ3n) is 3.82. The highest BCUT2D eigenvalue weighted by molar-refractivity contribution is 14.1. The Bertz CT molecular complexity index is 1030. The first-order valence-corrected chi connectivity index (χ1v) is 9.98. The number of hydrogen-bond donors (Lipinski definition) is 0. The van der Waals surface area contributed by atoms with Gasteiger partial charge in [-0.1, -0.05) is 18.7 Å². The third kappa shape index (κ3) is 5.03. The lowest BCUT2D eigenvalue weighted by Crippen LogP contribution is -2.07. The number of esters is 1. The molecule has 0 bridgehead atoms. The number of benzene rings is 2. The van der Waals surface area contributed by atoms with Crippen molar-refractivity contribution in [2.75, 3.05) is 13.2 Å². The van der Waals surface area contributed by atoms with Gasteiger partial charge in [-0.15, -0.1) is 0 Å². The molecule has 0 unspecified atom stereocenters. The number of rotatable bonds is 7. The smallest absolute Gasteiger partial charge is 0.363 e. The molecule has 0 saturated heterocycles. The molecule has 0 atom stereocenters. The first kappa shape index (κ1) is 21.0. The van der Waals surface area contributed by atoms with Crippen molar-refractivity contribution in [1.82, 2.24) is 0 Å². The van der Waals surface area contributed by atoms with Gasteiger partial charge in [-0.3, -0.25) is 0 Å². The fourth-order valence-corrected chi connectivity index (χ4v) is 3.37. The van der Waals surface area contributed by atoms with Crippen molar-refractivity contribution in [3.63, 3.8) is 0 Å². The highest BCUT2D eigenvalue weighted by Gasteiger charge is 2.26. The van der Waals surface area contributed by atoms with Gasteiger partial charge in [0.15, 0.2) is 17.2 Å². The minimum absolute atomic E-state index is 0.0551. The SMILES string of the molecule is C=C(C)COc1c(I)cc(C=C2N=C(c3ccccc3F)OC2=O)cc1OCC. The van der Waals surface area contributed by atoms with Gasteiger partial charge in [-0.05, 0) is 77.9 Å². The van der Waals surface area contributed by atoms with E-state index in [1.54, 1.807) is 24.3 Å². The van der Waals surface area contributed by atoms with E-state index in [4.69, 9.17) is 14.2 Å². The molecule has 1 aliphatic rings. The molecule has 29 heavy (non-hydrogen) atoms. The van der Waals surface area contributed by atoms with E-state index in [2.05, 4.69) is 34.2 Å². The quantitative estimate of drug-likeness (QED) is 0.226. The number of carbonyl (C=O) groups excluding carboxylic acids is 1. The maximum atomic E-state index is 14.0. The first-order valence-electron chi connectivity index (χ1n) is 8.90. The van der Waals surface area contributed by atoms with Crippen molar-refractivity contribution in [3.8, 4) is 11.5 Å². The zero-order valence-corrected chi connectivity index (χ0v) is 18.2. The minimum atomic E-state index is -0.640. The van der Waals surface area contributed by atoms with Crippen LogP contribution in [0.2, 0.25) is 0 Å². The van der Waals surface area contributed by atoms with E-state index in [9.17, 15) is 9.18 Å². The van der Waals surface area contributed by atoms with E-state index < -0.39 is 11.8 Å². The van der Waals surface area contributed by atoms with Crippen molar-refractivity contribution in [1.29, 1.82) is 0 Å². The van der Waals surface area contributed by atoms with E-state index in [0.29, 0.717) is 30.3 Å². The first-order chi connectivity index (χ1) is 13.9. The Kier molecular flexibility index (Phi) is 6.68. The van der Waals surface area contributed by atoms with Gasteiger partial charge in [0.2, 0.25) is 5.90 Å². The summed E-state index contributed by atoms with van der Waals surface area (Å²) in [6.07, 6.45) is 1.57. The number of cyclic esters (lactones) is 1. The second-order valence-corrected chi connectivity index (χ2v) is 7.49.